The molecule has 0 fully saturated rings. The van der Waals surface area contributed by atoms with Crippen LogP contribution in [0.15, 0.2) is 18.2 Å². The van der Waals surface area contributed by atoms with Gasteiger partial charge in [-0.2, -0.15) is 11.8 Å². The van der Waals surface area contributed by atoms with E-state index in [1.54, 1.807) is 6.07 Å². The Morgan fingerprint density at radius 1 is 1.42 bits per heavy atom. The van der Waals surface area contributed by atoms with Crippen LogP contribution >= 0.6 is 11.8 Å². The minimum absolute atomic E-state index is 0.0366. The van der Waals surface area contributed by atoms with Crippen molar-refractivity contribution in [2.45, 2.75) is 38.8 Å². The molecule has 108 valence electrons. The second-order valence-electron chi connectivity index (χ2n) is 5.08. The minimum atomic E-state index is -0.189. The molecule has 1 rings (SSSR count). The molecule has 0 aliphatic carbocycles. The molecule has 1 aromatic carbocycles. The summed E-state index contributed by atoms with van der Waals surface area (Å²) in [5.41, 5.74) is 7.96. The van der Waals surface area contributed by atoms with Gasteiger partial charge < -0.3 is 10.6 Å². The van der Waals surface area contributed by atoms with Gasteiger partial charge in [-0.3, -0.25) is 0 Å². The van der Waals surface area contributed by atoms with Gasteiger partial charge in [-0.15, -0.1) is 0 Å². The van der Waals surface area contributed by atoms with Crippen molar-refractivity contribution < 1.29 is 4.39 Å². The molecule has 2 atom stereocenters. The lowest BCUT2D eigenvalue weighted by atomic mass is 10.0. The Morgan fingerprint density at radius 2 is 2.11 bits per heavy atom. The monoisotopic (exact) mass is 284 g/mol. The van der Waals surface area contributed by atoms with E-state index in [1.165, 1.54) is 6.07 Å². The van der Waals surface area contributed by atoms with Gasteiger partial charge in [0.25, 0.3) is 0 Å². The first-order valence-corrected chi connectivity index (χ1v) is 8.14. The summed E-state index contributed by atoms with van der Waals surface area (Å²) in [4.78, 5) is 2.26. The molecule has 2 unspecified atom stereocenters. The van der Waals surface area contributed by atoms with Crippen molar-refractivity contribution in [3.63, 3.8) is 0 Å². The first kappa shape index (κ1) is 16.3. The summed E-state index contributed by atoms with van der Waals surface area (Å²) in [6.45, 7) is 4.14. The molecule has 0 heterocycles. The fraction of sp³-hybridized carbons (Fsp3) is 0.600. The number of halogens is 1. The lowest BCUT2D eigenvalue weighted by Gasteiger charge is -2.31. The third-order valence-electron chi connectivity index (χ3n) is 3.34. The Bertz CT molecular complexity index is 396. The molecular weight excluding hydrogens is 259 g/mol. The van der Waals surface area contributed by atoms with Crippen molar-refractivity contribution >= 4 is 17.4 Å². The number of rotatable bonds is 7. The fourth-order valence-electron chi connectivity index (χ4n) is 2.30. The van der Waals surface area contributed by atoms with E-state index >= 15 is 0 Å². The summed E-state index contributed by atoms with van der Waals surface area (Å²) < 4.78 is 13.4. The second-order valence-corrected chi connectivity index (χ2v) is 5.99. The normalized spacial score (nSPS) is 14.2. The molecule has 0 radical (unpaired) electrons. The van der Waals surface area contributed by atoms with Gasteiger partial charge in [-0.05, 0) is 49.8 Å². The maximum absolute atomic E-state index is 13.4. The number of hydrogen-bond acceptors (Lipinski definition) is 3. The van der Waals surface area contributed by atoms with Crippen LogP contribution < -0.4 is 10.6 Å². The molecule has 1 aromatic rings. The van der Waals surface area contributed by atoms with Gasteiger partial charge in [-0.1, -0.05) is 6.92 Å². The Hall–Kier alpha value is -0.740. The summed E-state index contributed by atoms with van der Waals surface area (Å²) in [6.07, 6.45) is 3.89. The Morgan fingerprint density at radius 3 is 2.63 bits per heavy atom. The smallest absolute Gasteiger partial charge is 0.123 e. The van der Waals surface area contributed by atoms with E-state index in [2.05, 4.69) is 25.1 Å². The third-order valence-corrected chi connectivity index (χ3v) is 4.06. The maximum Gasteiger partial charge on any atom is 0.123 e. The highest BCUT2D eigenvalue weighted by Gasteiger charge is 2.16. The van der Waals surface area contributed by atoms with Gasteiger partial charge >= 0.3 is 0 Å². The topological polar surface area (TPSA) is 29.3 Å². The van der Waals surface area contributed by atoms with E-state index in [1.807, 2.05) is 24.8 Å². The number of hydrogen-bond donors (Lipinski definition) is 1. The van der Waals surface area contributed by atoms with Crippen molar-refractivity contribution in [3.05, 3.63) is 29.6 Å². The van der Waals surface area contributed by atoms with Crippen LogP contribution in [0.3, 0.4) is 0 Å². The molecule has 0 saturated heterocycles. The lowest BCUT2D eigenvalue weighted by Crippen LogP contribution is -2.34. The van der Waals surface area contributed by atoms with Crippen LogP contribution in [0.1, 0.15) is 25.8 Å². The van der Waals surface area contributed by atoms with Crippen LogP contribution in [-0.4, -0.2) is 31.1 Å². The van der Waals surface area contributed by atoms with E-state index in [4.69, 9.17) is 5.73 Å². The number of benzene rings is 1. The highest BCUT2D eigenvalue weighted by Crippen LogP contribution is 2.25. The quantitative estimate of drug-likeness (QED) is 0.833. The first-order chi connectivity index (χ1) is 8.99. The van der Waals surface area contributed by atoms with E-state index < -0.39 is 0 Å². The Balaban J connectivity index is 3.03. The number of nitrogens with two attached hydrogens (primary N) is 1. The molecule has 0 saturated carbocycles. The largest absolute Gasteiger partial charge is 0.371 e. The van der Waals surface area contributed by atoms with Gasteiger partial charge in [0.2, 0.25) is 0 Å². The summed E-state index contributed by atoms with van der Waals surface area (Å²) >= 11 is 1.84. The summed E-state index contributed by atoms with van der Waals surface area (Å²) in [7, 11) is 2.09. The van der Waals surface area contributed by atoms with E-state index in [0.29, 0.717) is 12.5 Å². The molecule has 4 heteroatoms. The first-order valence-electron chi connectivity index (χ1n) is 6.75. The van der Waals surface area contributed by atoms with Gasteiger partial charge in [-0.25, -0.2) is 4.39 Å². The van der Waals surface area contributed by atoms with Crippen LogP contribution in [0.2, 0.25) is 0 Å². The average Bonchev–Trinajstić information content (AvgIpc) is 2.34. The molecule has 2 nitrogen and oxygen atoms in total. The van der Waals surface area contributed by atoms with Crippen LogP contribution in [0.25, 0.3) is 0 Å². The maximum atomic E-state index is 13.4. The summed E-state index contributed by atoms with van der Waals surface area (Å²) in [5, 5.41) is 0. The summed E-state index contributed by atoms with van der Waals surface area (Å²) in [5.74, 6) is 0.882. The Labute approximate surface area is 120 Å². The SMILES string of the molecule is CCC(CSC)N(C)c1ccc(F)cc1CC(C)N. The third kappa shape index (κ3) is 4.69. The predicted molar refractivity (Wildman–Crippen MR) is 84.6 cm³/mol. The average molecular weight is 284 g/mol. The highest BCUT2D eigenvalue weighted by molar-refractivity contribution is 7.98. The zero-order valence-electron chi connectivity index (χ0n) is 12.3. The van der Waals surface area contributed by atoms with E-state index in [-0.39, 0.29) is 11.9 Å². The van der Waals surface area contributed by atoms with Crippen molar-refractivity contribution in [1.82, 2.24) is 0 Å². The van der Waals surface area contributed by atoms with Crippen LogP contribution in [0.5, 0.6) is 0 Å². The van der Waals surface area contributed by atoms with E-state index in [9.17, 15) is 4.39 Å². The van der Waals surface area contributed by atoms with Crippen molar-refractivity contribution in [2.24, 2.45) is 5.73 Å². The molecule has 2 N–H and O–H groups in total. The van der Waals surface area contributed by atoms with Gasteiger partial charge in [0.05, 0.1) is 0 Å². The fourth-order valence-corrected chi connectivity index (χ4v) is 3.15. The van der Waals surface area contributed by atoms with Gasteiger partial charge in [0.15, 0.2) is 0 Å². The molecule has 0 aliphatic rings. The van der Waals surface area contributed by atoms with Crippen LogP contribution in [0.4, 0.5) is 10.1 Å². The summed E-state index contributed by atoms with van der Waals surface area (Å²) in [6, 6.07) is 5.51. The molecule has 0 amide bonds. The second kappa shape index (κ2) is 7.75. The predicted octanol–water partition coefficient (Wildman–Crippen LogP) is 3.29. The standard InChI is InChI=1S/C15H25FN2S/c1-5-14(10-19-4)18(3)15-7-6-13(16)9-12(15)8-11(2)17/h6-7,9,11,14H,5,8,10,17H2,1-4H3. The van der Waals surface area contributed by atoms with Crippen molar-refractivity contribution in [2.75, 3.05) is 24.0 Å². The van der Waals surface area contributed by atoms with Crippen molar-refractivity contribution in [1.29, 1.82) is 0 Å². The molecule has 0 aliphatic heterocycles. The molecule has 0 spiro atoms. The molecule has 0 aromatic heterocycles. The van der Waals surface area contributed by atoms with Crippen LogP contribution in [0, 0.1) is 5.82 Å². The zero-order valence-corrected chi connectivity index (χ0v) is 13.1. The zero-order chi connectivity index (χ0) is 14.4. The van der Waals surface area contributed by atoms with Crippen LogP contribution in [-0.2, 0) is 6.42 Å². The van der Waals surface area contributed by atoms with E-state index in [0.717, 1.165) is 23.4 Å². The number of thioether (sulfide) groups is 1. The number of anilines is 1. The Kier molecular flexibility index (Phi) is 6.66. The van der Waals surface area contributed by atoms with Crippen molar-refractivity contribution in [3.8, 4) is 0 Å². The molecule has 19 heavy (non-hydrogen) atoms. The number of nitrogens with zero attached hydrogens (tertiary/aromatic N) is 1. The highest BCUT2D eigenvalue weighted by atomic mass is 32.2. The van der Waals surface area contributed by atoms with Gasteiger partial charge in [0, 0.05) is 30.6 Å². The molecular formula is C15H25FN2S. The molecule has 0 bridgehead atoms. The van der Waals surface area contributed by atoms with Gasteiger partial charge in [0.1, 0.15) is 5.82 Å². The minimum Gasteiger partial charge on any atom is -0.371 e. The lowest BCUT2D eigenvalue weighted by molar-refractivity contribution is 0.619.